The number of rotatable bonds is 7. The van der Waals surface area contributed by atoms with Crippen molar-refractivity contribution in [2.75, 3.05) is 12.3 Å². The molecule has 2 aromatic rings. The van der Waals surface area contributed by atoms with E-state index in [4.69, 9.17) is 0 Å². The molecule has 0 aliphatic heterocycles. The summed E-state index contributed by atoms with van der Waals surface area (Å²) in [6, 6.07) is 6.90. The average Bonchev–Trinajstić information content (AvgIpc) is 3.20. The number of para-hydroxylation sites is 1. The van der Waals surface area contributed by atoms with Crippen molar-refractivity contribution in [3.8, 4) is 0 Å². The van der Waals surface area contributed by atoms with Crippen LogP contribution >= 0.6 is 11.8 Å². The maximum Gasteiger partial charge on any atom is 0.321 e. The van der Waals surface area contributed by atoms with Gasteiger partial charge in [-0.25, -0.2) is 9.78 Å². The molecule has 0 unspecified atom stereocenters. The van der Waals surface area contributed by atoms with E-state index in [1.165, 1.54) is 11.8 Å². The number of benzene rings is 1. The lowest BCUT2D eigenvalue weighted by Gasteiger charge is -2.18. The van der Waals surface area contributed by atoms with Gasteiger partial charge in [-0.05, 0) is 37.3 Å². The number of fused-ring (bicyclic) bond motifs is 1. The van der Waals surface area contributed by atoms with Gasteiger partial charge in [0.2, 0.25) is 5.91 Å². The van der Waals surface area contributed by atoms with Crippen LogP contribution < -0.4 is 16.2 Å². The van der Waals surface area contributed by atoms with Gasteiger partial charge in [0.15, 0.2) is 5.16 Å². The molecule has 0 atom stereocenters. The van der Waals surface area contributed by atoms with E-state index in [1.54, 1.807) is 10.6 Å². The van der Waals surface area contributed by atoms with Gasteiger partial charge in [0.25, 0.3) is 5.56 Å². The number of nitrogens with zero attached hydrogens (tertiary/aromatic N) is 2. The predicted octanol–water partition coefficient (Wildman–Crippen LogP) is 3.48. The number of amides is 3. The number of nitrogens with one attached hydrogen (secondary N) is 2. The van der Waals surface area contributed by atoms with Crippen LogP contribution in [0.15, 0.2) is 34.2 Å². The molecule has 0 saturated heterocycles. The van der Waals surface area contributed by atoms with Crippen molar-refractivity contribution in [3.05, 3.63) is 34.6 Å². The quantitative estimate of drug-likeness (QED) is 0.532. The van der Waals surface area contributed by atoms with Crippen LogP contribution in [0.2, 0.25) is 0 Å². The van der Waals surface area contributed by atoms with Crippen molar-refractivity contribution in [2.24, 2.45) is 5.92 Å². The Kier molecular flexibility index (Phi) is 7.30. The largest absolute Gasteiger partial charge is 0.338 e. The zero-order valence-corrected chi connectivity index (χ0v) is 17.8. The Morgan fingerprint density at radius 2 is 1.97 bits per heavy atom. The number of hydrogen-bond donors (Lipinski definition) is 2. The molecule has 1 aromatic heterocycles. The number of aromatic nitrogens is 2. The second-order valence-corrected chi connectivity index (χ2v) is 8.74. The Bertz CT molecular complexity index is 935. The van der Waals surface area contributed by atoms with Gasteiger partial charge in [-0.15, -0.1) is 0 Å². The molecule has 0 bridgehead atoms. The standard InChI is InChI=1S/C21H28N4O3S/c1-14(2)11-12-22-20(28)24-18(26)13-29-21-23-17-10-6-5-9-16(17)19(27)25(21)15-7-3-4-8-15/h5-6,9-10,14-15H,3-4,7-8,11-13H2,1-2H3,(H2,22,24,26,28). The van der Waals surface area contributed by atoms with Gasteiger partial charge in [-0.3, -0.25) is 19.5 Å². The molecule has 1 heterocycles. The molecule has 1 aliphatic carbocycles. The van der Waals surface area contributed by atoms with Gasteiger partial charge >= 0.3 is 6.03 Å². The number of carbonyl (C=O) groups is 2. The zero-order valence-electron chi connectivity index (χ0n) is 16.9. The topological polar surface area (TPSA) is 93.1 Å². The van der Waals surface area contributed by atoms with Crippen molar-refractivity contribution < 1.29 is 9.59 Å². The fourth-order valence-corrected chi connectivity index (χ4v) is 4.39. The third-order valence-electron chi connectivity index (χ3n) is 5.06. The van der Waals surface area contributed by atoms with Crippen LogP contribution in [0.3, 0.4) is 0 Å². The lowest BCUT2D eigenvalue weighted by Crippen LogP contribution is -2.41. The number of urea groups is 1. The molecule has 3 rings (SSSR count). The van der Waals surface area contributed by atoms with Crippen LogP contribution in [0.4, 0.5) is 4.79 Å². The van der Waals surface area contributed by atoms with Crippen LogP contribution in [0.5, 0.6) is 0 Å². The Morgan fingerprint density at radius 1 is 1.24 bits per heavy atom. The molecule has 156 valence electrons. The lowest BCUT2D eigenvalue weighted by atomic mass is 10.1. The summed E-state index contributed by atoms with van der Waals surface area (Å²) in [7, 11) is 0. The van der Waals surface area contributed by atoms with E-state index >= 15 is 0 Å². The smallest absolute Gasteiger partial charge is 0.321 e. The maximum atomic E-state index is 13.1. The van der Waals surface area contributed by atoms with Gasteiger partial charge in [0, 0.05) is 12.6 Å². The Labute approximate surface area is 174 Å². The molecule has 1 fully saturated rings. The summed E-state index contributed by atoms with van der Waals surface area (Å²) in [5.41, 5.74) is 0.568. The molecule has 0 radical (unpaired) electrons. The second-order valence-electron chi connectivity index (χ2n) is 7.80. The summed E-state index contributed by atoms with van der Waals surface area (Å²) >= 11 is 1.20. The third-order valence-corrected chi connectivity index (χ3v) is 6.01. The first-order valence-corrected chi connectivity index (χ1v) is 11.2. The molecule has 2 N–H and O–H groups in total. The van der Waals surface area contributed by atoms with E-state index in [9.17, 15) is 14.4 Å². The average molecular weight is 417 g/mol. The highest BCUT2D eigenvalue weighted by atomic mass is 32.2. The van der Waals surface area contributed by atoms with E-state index in [0.29, 0.717) is 28.5 Å². The molecular weight excluding hydrogens is 388 g/mol. The summed E-state index contributed by atoms with van der Waals surface area (Å²) in [5, 5.41) is 6.15. The highest BCUT2D eigenvalue weighted by Crippen LogP contribution is 2.32. The van der Waals surface area contributed by atoms with Crippen LogP contribution in [0.1, 0.15) is 52.0 Å². The SMILES string of the molecule is CC(C)CCNC(=O)NC(=O)CSc1nc2ccccc2c(=O)n1C1CCCC1. The van der Waals surface area contributed by atoms with Crippen molar-refractivity contribution in [2.45, 2.75) is 57.1 Å². The molecule has 1 aromatic carbocycles. The second kappa shape index (κ2) is 9.91. The summed E-state index contributed by atoms with van der Waals surface area (Å²) in [5.74, 6) is 0.0973. The lowest BCUT2D eigenvalue weighted by molar-refractivity contribution is -0.117. The van der Waals surface area contributed by atoms with Crippen LogP contribution in [-0.4, -0.2) is 33.8 Å². The Hall–Kier alpha value is -2.35. The molecule has 1 saturated carbocycles. The number of hydrogen-bond acceptors (Lipinski definition) is 5. The van der Waals surface area contributed by atoms with Gasteiger partial charge in [0.05, 0.1) is 16.7 Å². The van der Waals surface area contributed by atoms with E-state index < -0.39 is 11.9 Å². The summed E-state index contributed by atoms with van der Waals surface area (Å²) in [6.45, 7) is 4.67. The molecule has 1 aliphatic rings. The highest BCUT2D eigenvalue weighted by Gasteiger charge is 2.23. The Balaban J connectivity index is 1.70. The van der Waals surface area contributed by atoms with E-state index in [1.807, 2.05) is 18.2 Å². The zero-order chi connectivity index (χ0) is 20.8. The first-order valence-electron chi connectivity index (χ1n) is 10.2. The monoisotopic (exact) mass is 416 g/mol. The van der Waals surface area contributed by atoms with Crippen LogP contribution in [-0.2, 0) is 4.79 Å². The molecule has 7 nitrogen and oxygen atoms in total. The van der Waals surface area contributed by atoms with Crippen molar-refractivity contribution in [1.29, 1.82) is 0 Å². The minimum Gasteiger partial charge on any atom is -0.338 e. The van der Waals surface area contributed by atoms with Crippen molar-refractivity contribution in [1.82, 2.24) is 20.2 Å². The van der Waals surface area contributed by atoms with Crippen LogP contribution in [0, 0.1) is 5.92 Å². The third kappa shape index (κ3) is 5.59. The molecule has 8 heteroatoms. The number of imide groups is 1. The summed E-state index contributed by atoms with van der Waals surface area (Å²) < 4.78 is 1.75. The minimum absolute atomic E-state index is 0.0229. The highest BCUT2D eigenvalue weighted by molar-refractivity contribution is 7.99. The fourth-order valence-electron chi connectivity index (χ4n) is 3.52. The Morgan fingerprint density at radius 3 is 2.69 bits per heavy atom. The molecule has 29 heavy (non-hydrogen) atoms. The van der Waals surface area contributed by atoms with E-state index in [2.05, 4.69) is 29.5 Å². The first kappa shape index (κ1) is 21.4. The summed E-state index contributed by atoms with van der Waals surface area (Å²) in [4.78, 5) is 41.7. The number of thioether (sulfide) groups is 1. The van der Waals surface area contributed by atoms with Crippen molar-refractivity contribution in [3.63, 3.8) is 0 Å². The van der Waals surface area contributed by atoms with Gasteiger partial charge < -0.3 is 5.32 Å². The number of carbonyl (C=O) groups excluding carboxylic acids is 2. The molecule has 0 spiro atoms. The molecular formula is C21H28N4O3S. The first-order chi connectivity index (χ1) is 14.0. The predicted molar refractivity (Wildman–Crippen MR) is 115 cm³/mol. The van der Waals surface area contributed by atoms with Crippen molar-refractivity contribution >= 4 is 34.6 Å². The fraction of sp³-hybridized carbons (Fsp3) is 0.524. The minimum atomic E-state index is -0.490. The van der Waals surface area contributed by atoms with Crippen LogP contribution in [0.25, 0.3) is 10.9 Å². The van der Waals surface area contributed by atoms with Gasteiger partial charge in [-0.2, -0.15) is 0 Å². The molecule has 3 amide bonds. The summed E-state index contributed by atoms with van der Waals surface area (Å²) in [6.07, 6.45) is 4.91. The van der Waals surface area contributed by atoms with Gasteiger partial charge in [-0.1, -0.05) is 50.6 Å². The van der Waals surface area contributed by atoms with Gasteiger partial charge in [0.1, 0.15) is 0 Å². The van der Waals surface area contributed by atoms with E-state index in [0.717, 1.165) is 32.1 Å². The normalized spacial score (nSPS) is 14.4. The van der Waals surface area contributed by atoms with E-state index in [-0.39, 0.29) is 17.4 Å². The maximum absolute atomic E-state index is 13.1.